The highest BCUT2D eigenvalue weighted by atomic mass is 19.1. The summed E-state index contributed by atoms with van der Waals surface area (Å²) in [4.78, 5) is 2.14. The molecule has 1 aliphatic heterocycles. The minimum Gasteiger partial charge on any atom is -0.365 e. The van der Waals surface area contributed by atoms with Gasteiger partial charge in [-0.2, -0.15) is 0 Å². The van der Waals surface area contributed by atoms with Gasteiger partial charge in [0.25, 0.3) is 0 Å². The molecule has 0 aliphatic carbocycles. The average Bonchev–Trinajstić information content (AvgIpc) is 2.68. The molecule has 3 heteroatoms. The van der Waals surface area contributed by atoms with Crippen LogP contribution in [0, 0.1) is 5.82 Å². The number of fused-ring (bicyclic) bond motifs is 1. The fourth-order valence-electron chi connectivity index (χ4n) is 3.12. The maximum atomic E-state index is 14.4. The minimum atomic E-state index is -0.177. The van der Waals surface area contributed by atoms with E-state index in [1.807, 2.05) is 13.0 Å². The Kier molecular flexibility index (Phi) is 3.93. The molecule has 0 amide bonds. The second-order valence-corrected chi connectivity index (χ2v) is 5.76. The lowest BCUT2D eigenvalue weighted by Crippen LogP contribution is -2.26. The molecular weight excluding hydrogens is 263 g/mol. The van der Waals surface area contributed by atoms with E-state index in [2.05, 4.69) is 29.2 Å². The van der Waals surface area contributed by atoms with Crippen LogP contribution < -0.4 is 10.6 Å². The Labute approximate surface area is 125 Å². The smallest absolute Gasteiger partial charge is 0.146 e. The summed E-state index contributed by atoms with van der Waals surface area (Å²) < 4.78 is 14.4. The summed E-state index contributed by atoms with van der Waals surface area (Å²) in [6.45, 7) is 3.51. The lowest BCUT2D eigenvalue weighted by Gasteiger charge is -2.27. The van der Waals surface area contributed by atoms with E-state index in [0.29, 0.717) is 5.69 Å². The van der Waals surface area contributed by atoms with Crippen LogP contribution in [0.15, 0.2) is 42.5 Å². The van der Waals surface area contributed by atoms with Crippen LogP contribution in [-0.2, 0) is 13.0 Å². The quantitative estimate of drug-likeness (QED) is 0.909. The summed E-state index contributed by atoms with van der Waals surface area (Å²) >= 11 is 0. The summed E-state index contributed by atoms with van der Waals surface area (Å²) in [5, 5.41) is 0. The molecule has 0 spiro atoms. The monoisotopic (exact) mass is 284 g/mol. The number of nitrogens with two attached hydrogens (primary N) is 1. The number of halogens is 1. The Balaban J connectivity index is 2.02. The number of benzene rings is 2. The van der Waals surface area contributed by atoms with Crippen molar-refractivity contribution >= 4 is 5.69 Å². The van der Waals surface area contributed by atoms with Gasteiger partial charge in [0.05, 0.1) is 5.69 Å². The molecule has 1 atom stereocenters. The Morgan fingerprint density at radius 1 is 1.10 bits per heavy atom. The van der Waals surface area contributed by atoms with Gasteiger partial charge >= 0.3 is 0 Å². The van der Waals surface area contributed by atoms with Gasteiger partial charge in [-0.25, -0.2) is 4.39 Å². The van der Waals surface area contributed by atoms with Gasteiger partial charge in [-0.3, -0.25) is 0 Å². The molecule has 21 heavy (non-hydrogen) atoms. The van der Waals surface area contributed by atoms with E-state index in [-0.39, 0.29) is 11.9 Å². The van der Waals surface area contributed by atoms with Crippen molar-refractivity contribution in [3.8, 4) is 0 Å². The second kappa shape index (κ2) is 5.86. The number of hydrogen-bond donors (Lipinski definition) is 1. The molecule has 0 fully saturated rings. The van der Waals surface area contributed by atoms with Crippen molar-refractivity contribution in [2.75, 3.05) is 11.4 Å². The highest BCUT2D eigenvalue weighted by Gasteiger charge is 2.21. The normalized spacial score (nSPS) is 16.2. The van der Waals surface area contributed by atoms with Crippen LogP contribution in [0.1, 0.15) is 36.1 Å². The van der Waals surface area contributed by atoms with E-state index in [4.69, 9.17) is 5.73 Å². The van der Waals surface area contributed by atoms with Crippen LogP contribution >= 0.6 is 0 Å². The van der Waals surface area contributed by atoms with E-state index in [1.165, 1.54) is 17.2 Å². The first kappa shape index (κ1) is 14.1. The maximum Gasteiger partial charge on any atom is 0.146 e. The third-order valence-corrected chi connectivity index (χ3v) is 4.18. The summed E-state index contributed by atoms with van der Waals surface area (Å²) in [6, 6.07) is 13.5. The fourth-order valence-corrected chi connectivity index (χ4v) is 3.12. The van der Waals surface area contributed by atoms with Crippen molar-refractivity contribution in [1.82, 2.24) is 0 Å². The number of rotatable bonds is 2. The number of hydrogen-bond acceptors (Lipinski definition) is 2. The van der Waals surface area contributed by atoms with Crippen LogP contribution in [0.25, 0.3) is 0 Å². The molecule has 3 rings (SSSR count). The van der Waals surface area contributed by atoms with Gasteiger partial charge in [-0.15, -0.1) is 0 Å². The molecule has 1 heterocycles. The van der Waals surface area contributed by atoms with Gasteiger partial charge in [0.15, 0.2) is 0 Å². The Hall–Kier alpha value is -1.87. The SMILES string of the molecule is CC(N)c1cccc(F)c1N1CCCc2ccccc2C1. The van der Waals surface area contributed by atoms with Crippen molar-refractivity contribution in [2.24, 2.45) is 5.73 Å². The molecule has 0 saturated heterocycles. The first-order valence-corrected chi connectivity index (χ1v) is 7.52. The van der Waals surface area contributed by atoms with Gasteiger partial charge in [-0.05, 0) is 42.5 Å². The highest BCUT2D eigenvalue weighted by Crippen LogP contribution is 2.31. The zero-order chi connectivity index (χ0) is 14.8. The van der Waals surface area contributed by atoms with E-state index in [1.54, 1.807) is 6.07 Å². The third kappa shape index (κ3) is 2.79. The minimum absolute atomic E-state index is 0.172. The summed E-state index contributed by atoms with van der Waals surface area (Å²) in [5.74, 6) is -0.177. The van der Waals surface area contributed by atoms with Crippen LogP contribution in [0.4, 0.5) is 10.1 Å². The Morgan fingerprint density at radius 3 is 2.62 bits per heavy atom. The van der Waals surface area contributed by atoms with E-state index in [0.717, 1.165) is 31.5 Å². The Morgan fingerprint density at radius 2 is 1.86 bits per heavy atom. The molecule has 0 aromatic heterocycles. The lowest BCUT2D eigenvalue weighted by atomic mass is 10.0. The van der Waals surface area contributed by atoms with Gasteiger partial charge in [0, 0.05) is 19.1 Å². The van der Waals surface area contributed by atoms with Crippen LogP contribution in [0.5, 0.6) is 0 Å². The number of aryl methyl sites for hydroxylation is 1. The molecular formula is C18H21FN2. The van der Waals surface area contributed by atoms with Crippen LogP contribution in [-0.4, -0.2) is 6.54 Å². The van der Waals surface area contributed by atoms with Crippen molar-refractivity contribution in [3.63, 3.8) is 0 Å². The number of nitrogens with zero attached hydrogens (tertiary/aromatic N) is 1. The van der Waals surface area contributed by atoms with Crippen molar-refractivity contribution in [1.29, 1.82) is 0 Å². The van der Waals surface area contributed by atoms with Crippen molar-refractivity contribution in [2.45, 2.75) is 32.4 Å². The van der Waals surface area contributed by atoms with E-state index >= 15 is 0 Å². The van der Waals surface area contributed by atoms with Gasteiger partial charge in [0.1, 0.15) is 5.82 Å². The molecule has 2 aromatic rings. The highest BCUT2D eigenvalue weighted by molar-refractivity contribution is 5.57. The fraction of sp³-hybridized carbons (Fsp3) is 0.333. The Bertz CT molecular complexity index is 637. The van der Waals surface area contributed by atoms with Crippen molar-refractivity contribution < 1.29 is 4.39 Å². The predicted octanol–water partition coefficient (Wildman–Crippen LogP) is 3.80. The van der Waals surface area contributed by atoms with E-state index < -0.39 is 0 Å². The van der Waals surface area contributed by atoms with Crippen LogP contribution in [0.3, 0.4) is 0 Å². The largest absolute Gasteiger partial charge is 0.365 e. The van der Waals surface area contributed by atoms with Gasteiger partial charge in [0.2, 0.25) is 0 Å². The van der Waals surface area contributed by atoms with Gasteiger partial charge < -0.3 is 10.6 Å². The summed E-state index contributed by atoms with van der Waals surface area (Å²) in [5.41, 5.74) is 10.2. The maximum absolute atomic E-state index is 14.4. The lowest BCUT2D eigenvalue weighted by molar-refractivity contribution is 0.608. The molecule has 2 aromatic carbocycles. The standard InChI is InChI=1S/C18H21FN2/c1-13(20)16-9-4-10-17(19)18(16)21-11-5-8-14-6-2-3-7-15(14)12-21/h2-4,6-7,9-10,13H,5,8,11-12,20H2,1H3. The third-order valence-electron chi connectivity index (χ3n) is 4.18. The molecule has 0 saturated carbocycles. The predicted molar refractivity (Wildman–Crippen MR) is 84.8 cm³/mol. The zero-order valence-electron chi connectivity index (χ0n) is 12.3. The molecule has 110 valence electrons. The molecule has 1 unspecified atom stereocenters. The number of para-hydroxylation sites is 1. The van der Waals surface area contributed by atoms with Crippen LogP contribution in [0.2, 0.25) is 0 Å². The first-order valence-electron chi connectivity index (χ1n) is 7.52. The van der Waals surface area contributed by atoms with E-state index in [9.17, 15) is 4.39 Å². The zero-order valence-corrected chi connectivity index (χ0v) is 12.3. The molecule has 2 N–H and O–H groups in total. The summed E-state index contributed by atoms with van der Waals surface area (Å²) in [7, 11) is 0. The molecule has 1 aliphatic rings. The molecule has 0 bridgehead atoms. The average molecular weight is 284 g/mol. The first-order chi connectivity index (χ1) is 10.2. The summed E-state index contributed by atoms with van der Waals surface area (Å²) in [6.07, 6.45) is 2.08. The molecule has 2 nitrogen and oxygen atoms in total. The molecule has 0 radical (unpaired) electrons. The number of anilines is 1. The second-order valence-electron chi connectivity index (χ2n) is 5.76. The van der Waals surface area contributed by atoms with Gasteiger partial charge in [-0.1, -0.05) is 36.4 Å². The van der Waals surface area contributed by atoms with Crippen molar-refractivity contribution in [3.05, 3.63) is 65.0 Å². The topological polar surface area (TPSA) is 29.3 Å².